The highest BCUT2D eigenvalue weighted by atomic mass is 16.5. The summed E-state index contributed by atoms with van der Waals surface area (Å²) < 4.78 is 13.4. The highest BCUT2D eigenvalue weighted by molar-refractivity contribution is 6.18. The molecule has 1 aromatic heterocycles. The summed E-state index contributed by atoms with van der Waals surface area (Å²) in [6.45, 7) is 0. The second-order valence-electron chi connectivity index (χ2n) is 16.5. The van der Waals surface area contributed by atoms with Crippen LogP contribution in [-0.2, 0) is 0 Å². The SMILES string of the molecule is c1ccc(N(c2ccc3c(c2)Oc2cccc4c2c-3cc2ccc(-c3ccc(N(c5ccccc5)c5cccc6c5oc5ccccc56)cc3)cc24)c2ccc3ccccc3c2)cc1. The van der Waals surface area contributed by atoms with Crippen LogP contribution in [0.1, 0.15) is 0 Å². The highest BCUT2D eigenvalue weighted by Crippen LogP contribution is 2.51. The molecule has 0 radical (unpaired) electrons. The standard InChI is InChI=1S/C60H38N2O2/c1-3-15-44(16-4-1)61(47-32-29-39-13-7-8-14-41(39)35-47)48-33-34-50-54-37-43-26-25-42(36-53(43)51-20-12-24-57(59(51)54)63-58(50)38-48)40-27-30-46(31-28-40)62(45-17-5-2-6-18-45)55-22-11-21-52-49-19-9-10-23-56(49)64-60(52)55/h1-38H. The molecule has 13 rings (SSSR count). The summed E-state index contributed by atoms with van der Waals surface area (Å²) in [6.07, 6.45) is 0. The molecule has 0 saturated heterocycles. The van der Waals surface area contributed by atoms with Gasteiger partial charge in [0.05, 0.1) is 5.69 Å². The van der Waals surface area contributed by atoms with Crippen molar-refractivity contribution in [2.75, 3.05) is 9.80 Å². The number of nitrogens with zero attached hydrogens (tertiary/aromatic N) is 2. The quantitative estimate of drug-likeness (QED) is 0.150. The summed E-state index contributed by atoms with van der Waals surface area (Å²) >= 11 is 0. The second kappa shape index (κ2) is 14.5. The first-order valence-electron chi connectivity index (χ1n) is 21.7. The number of benzene rings is 11. The van der Waals surface area contributed by atoms with Gasteiger partial charge in [-0.15, -0.1) is 0 Å². The normalized spacial score (nSPS) is 11.9. The van der Waals surface area contributed by atoms with Crippen LogP contribution in [0.3, 0.4) is 0 Å². The predicted molar refractivity (Wildman–Crippen MR) is 267 cm³/mol. The zero-order valence-electron chi connectivity index (χ0n) is 34.7. The van der Waals surface area contributed by atoms with E-state index in [0.717, 1.165) is 89.6 Å². The van der Waals surface area contributed by atoms with Crippen LogP contribution in [0, 0.1) is 0 Å². The van der Waals surface area contributed by atoms with Gasteiger partial charge in [-0.25, -0.2) is 0 Å². The lowest BCUT2D eigenvalue weighted by Crippen LogP contribution is -2.10. The lowest BCUT2D eigenvalue weighted by Gasteiger charge is -2.28. The van der Waals surface area contributed by atoms with E-state index in [1.165, 1.54) is 32.5 Å². The number of furan rings is 1. The smallest absolute Gasteiger partial charge is 0.159 e. The van der Waals surface area contributed by atoms with Gasteiger partial charge in [-0.2, -0.15) is 0 Å². The number of ether oxygens (including phenoxy) is 1. The molecule has 2 heterocycles. The lowest BCUT2D eigenvalue weighted by atomic mass is 9.89. The van der Waals surface area contributed by atoms with Crippen LogP contribution in [0.2, 0.25) is 0 Å². The summed E-state index contributed by atoms with van der Waals surface area (Å²) in [6, 6.07) is 82.0. The molecule has 0 saturated carbocycles. The fourth-order valence-electron chi connectivity index (χ4n) is 9.78. The third kappa shape index (κ3) is 5.84. The van der Waals surface area contributed by atoms with E-state index >= 15 is 0 Å². The number of rotatable bonds is 7. The maximum Gasteiger partial charge on any atom is 0.159 e. The third-order valence-corrected chi connectivity index (χ3v) is 12.8. The minimum absolute atomic E-state index is 0.844. The molecule has 4 nitrogen and oxygen atoms in total. The third-order valence-electron chi connectivity index (χ3n) is 12.8. The predicted octanol–water partition coefficient (Wildman–Crippen LogP) is 17.4. The Morgan fingerprint density at radius 1 is 0.312 bits per heavy atom. The molecular formula is C60H38N2O2. The van der Waals surface area contributed by atoms with Gasteiger partial charge in [-0.1, -0.05) is 133 Å². The van der Waals surface area contributed by atoms with Crippen molar-refractivity contribution in [2.24, 2.45) is 0 Å². The Bertz CT molecular complexity index is 3760. The molecule has 0 spiro atoms. The first-order chi connectivity index (χ1) is 31.7. The Balaban J connectivity index is 0.880. The topological polar surface area (TPSA) is 28.9 Å². The average molecular weight is 819 g/mol. The average Bonchev–Trinajstić information content (AvgIpc) is 3.75. The monoisotopic (exact) mass is 818 g/mol. The zero-order chi connectivity index (χ0) is 42.1. The van der Waals surface area contributed by atoms with E-state index in [-0.39, 0.29) is 0 Å². The van der Waals surface area contributed by atoms with Gasteiger partial charge in [0.25, 0.3) is 0 Å². The minimum atomic E-state index is 0.844. The fourth-order valence-corrected chi connectivity index (χ4v) is 9.78. The van der Waals surface area contributed by atoms with Crippen molar-refractivity contribution in [1.82, 2.24) is 0 Å². The molecule has 0 bridgehead atoms. The molecule has 12 aromatic rings. The Kier molecular flexibility index (Phi) is 8.18. The summed E-state index contributed by atoms with van der Waals surface area (Å²) in [5.74, 6) is 1.71. The van der Waals surface area contributed by atoms with Crippen molar-refractivity contribution in [1.29, 1.82) is 0 Å². The summed E-state index contributed by atoms with van der Waals surface area (Å²) in [7, 11) is 0. The van der Waals surface area contributed by atoms with Crippen molar-refractivity contribution >= 4 is 88.4 Å². The van der Waals surface area contributed by atoms with Gasteiger partial charge in [-0.3, -0.25) is 0 Å². The molecule has 64 heavy (non-hydrogen) atoms. The first-order valence-corrected chi connectivity index (χ1v) is 21.7. The lowest BCUT2D eigenvalue weighted by molar-refractivity contribution is 0.487. The van der Waals surface area contributed by atoms with Crippen molar-refractivity contribution in [3.63, 3.8) is 0 Å². The molecule has 11 aromatic carbocycles. The van der Waals surface area contributed by atoms with Crippen molar-refractivity contribution in [3.8, 4) is 33.8 Å². The molecule has 1 aliphatic heterocycles. The number of hydrogen-bond acceptors (Lipinski definition) is 4. The molecule has 0 amide bonds. The summed E-state index contributed by atoms with van der Waals surface area (Å²) in [5.41, 5.74) is 12.6. The molecule has 0 fully saturated rings. The number of hydrogen-bond donors (Lipinski definition) is 0. The van der Waals surface area contributed by atoms with E-state index in [9.17, 15) is 0 Å². The van der Waals surface area contributed by atoms with E-state index in [0.29, 0.717) is 0 Å². The number of anilines is 6. The molecule has 1 aliphatic rings. The second-order valence-corrected chi connectivity index (χ2v) is 16.5. The largest absolute Gasteiger partial charge is 0.456 e. The highest BCUT2D eigenvalue weighted by Gasteiger charge is 2.25. The minimum Gasteiger partial charge on any atom is -0.456 e. The van der Waals surface area contributed by atoms with E-state index in [4.69, 9.17) is 9.15 Å². The van der Waals surface area contributed by atoms with Crippen molar-refractivity contribution in [2.45, 2.75) is 0 Å². The molecule has 0 atom stereocenters. The summed E-state index contributed by atoms with van der Waals surface area (Å²) in [5, 5.41) is 9.33. The fraction of sp³-hybridized carbons (Fsp3) is 0. The molecule has 300 valence electrons. The van der Waals surface area contributed by atoms with Gasteiger partial charge in [0.1, 0.15) is 17.1 Å². The molecule has 0 aliphatic carbocycles. The first kappa shape index (κ1) is 36.1. The summed E-state index contributed by atoms with van der Waals surface area (Å²) in [4.78, 5) is 4.59. The Morgan fingerprint density at radius 2 is 0.938 bits per heavy atom. The van der Waals surface area contributed by atoms with Crippen molar-refractivity contribution in [3.05, 3.63) is 231 Å². The van der Waals surface area contributed by atoms with Gasteiger partial charge >= 0.3 is 0 Å². The van der Waals surface area contributed by atoms with Crippen LogP contribution in [0.5, 0.6) is 11.5 Å². The van der Waals surface area contributed by atoms with Gasteiger partial charge in [0.15, 0.2) is 5.58 Å². The van der Waals surface area contributed by atoms with Gasteiger partial charge in [-0.05, 0) is 135 Å². The van der Waals surface area contributed by atoms with Gasteiger partial charge in [0.2, 0.25) is 0 Å². The molecule has 0 N–H and O–H groups in total. The molecule has 0 unspecified atom stereocenters. The van der Waals surface area contributed by atoms with Crippen LogP contribution in [0.25, 0.3) is 76.5 Å². The maximum atomic E-state index is 6.86. The van der Waals surface area contributed by atoms with Crippen LogP contribution in [-0.4, -0.2) is 0 Å². The van der Waals surface area contributed by atoms with Crippen LogP contribution < -0.4 is 14.5 Å². The van der Waals surface area contributed by atoms with Crippen LogP contribution >= 0.6 is 0 Å². The maximum absolute atomic E-state index is 6.86. The van der Waals surface area contributed by atoms with Crippen LogP contribution in [0.4, 0.5) is 34.1 Å². The van der Waals surface area contributed by atoms with Crippen molar-refractivity contribution < 1.29 is 9.15 Å². The number of fused-ring (bicyclic) bond motifs is 8. The van der Waals surface area contributed by atoms with E-state index in [1.54, 1.807) is 0 Å². The van der Waals surface area contributed by atoms with E-state index in [1.807, 2.05) is 12.1 Å². The van der Waals surface area contributed by atoms with E-state index in [2.05, 4.69) is 228 Å². The van der Waals surface area contributed by atoms with Crippen LogP contribution in [0.15, 0.2) is 235 Å². The Labute approximate surface area is 370 Å². The van der Waals surface area contributed by atoms with Gasteiger partial charge in [0, 0.05) is 56.2 Å². The van der Waals surface area contributed by atoms with E-state index < -0.39 is 0 Å². The number of para-hydroxylation sites is 4. The zero-order valence-corrected chi connectivity index (χ0v) is 34.7. The Morgan fingerprint density at radius 3 is 1.78 bits per heavy atom. The Hall–Kier alpha value is -8.60. The molecular weight excluding hydrogens is 781 g/mol. The molecule has 4 heteroatoms. The van der Waals surface area contributed by atoms with Gasteiger partial charge < -0.3 is 19.0 Å².